The monoisotopic (exact) mass is 231 g/mol. The first kappa shape index (κ1) is 11.2. The molecule has 2 N–H and O–H groups in total. The highest BCUT2D eigenvalue weighted by molar-refractivity contribution is 5.93. The van der Waals surface area contributed by atoms with E-state index >= 15 is 0 Å². The zero-order chi connectivity index (χ0) is 12.3. The minimum Gasteiger partial charge on any atom is -0.353 e. The summed E-state index contributed by atoms with van der Waals surface area (Å²) in [6.45, 7) is 0.440. The molecule has 2 heterocycles. The summed E-state index contributed by atoms with van der Waals surface area (Å²) in [6.07, 6.45) is 3.37. The Bertz CT molecular complexity index is 583. The maximum Gasteiger partial charge on any atom is 0.251 e. The molecule has 1 amide bonds. The number of pyridine rings is 1. The molecule has 5 heteroatoms. The van der Waals surface area contributed by atoms with Crippen molar-refractivity contribution in [1.82, 2.24) is 14.9 Å². The predicted octanol–water partition coefficient (Wildman–Crippen LogP) is 0.643. The number of hydrogen-bond donors (Lipinski definition) is 2. The number of nitrogens with zero attached hydrogens (tertiary/aromatic N) is 1. The zero-order valence-electron chi connectivity index (χ0n) is 9.43. The van der Waals surface area contributed by atoms with Crippen LogP contribution in [0.4, 0.5) is 0 Å². The van der Waals surface area contributed by atoms with E-state index in [2.05, 4.69) is 10.3 Å². The van der Waals surface area contributed by atoms with Gasteiger partial charge in [-0.3, -0.25) is 9.59 Å². The van der Waals surface area contributed by atoms with Crippen LogP contribution in [0.3, 0.4) is 0 Å². The van der Waals surface area contributed by atoms with Gasteiger partial charge in [0.2, 0.25) is 5.56 Å². The lowest BCUT2D eigenvalue weighted by molar-refractivity contribution is 0.0950. The molecule has 88 valence electrons. The van der Waals surface area contributed by atoms with Crippen molar-refractivity contribution in [3.63, 3.8) is 0 Å². The molecule has 17 heavy (non-hydrogen) atoms. The smallest absolute Gasteiger partial charge is 0.251 e. The number of hydrogen-bond acceptors (Lipinski definition) is 2. The Morgan fingerprint density at radius 1 is 1.47 bits per heavy atom. The molecule has 0 fully saturated rings. The lowest BCUT2D eigenvalue weighted by Crippen LogP contribution is -2.25. The third kappa shape index (κ3) is 2.63. The third-order valence-electron chi connectivity index (χ3n) is 2.52. The number of amides is 1. The average Bonchev–Trinajstić information content (AvgIpc) is 2.72. The molecule has 0 radical (unpaired) electrons. The van der Waals surface area contributed by atoms with Crippen molar-refractivity contribution >= 4 is 5.91 Å². The molecule has 2 aromatic heterocycles. The summed E-state index contributed by atoms with van der Waals surface area (Å²) in [5.41, 5.74) is 1.09. The van der Waals surface area contributed by atoms with Gasteiger partial charge in [0.15, 0.2) is 0 Å². The highest BCUT2D eigenvalue weighted by atomic mass is 16.2. The quantitative estimate of drug-likeness (QED) is 0.814. The minimum atomic E-state index is -0.281. The number of carbonyl (C=O) groups is 1. The number of H-pyrrole nitrogens is 1. The van der Waals surface area contributed by atoms with E-state index in [9.17, 15) is 9.59 Å². The van der Waals surface area contributed by atoms with E-state index < -0.39 is 0 Å². The summed E-state index contributed by atoms with van der Waals surface area (Å²) in [4.78, 5) is 25.2. The van der Waals surface area contributed by atoms with Gasteiger partial charge in [-0.15, -0.1) is 0 Å². The molecule has 5 nitrogen and oxygen atoms in total. The van der Waals surface area contributed by atoms with Crippen LogP contribution in [-0.4, -0.2) is 15.5 Å². The fraction of sp³-hybridized carbons (Fsp3) is 0.167. The maximum absolute atomic E-state index is 11.7. The first-order chi connectivity index (χ1) is 8.16. The molecule has 0 aromatic carbocycles. The van der Waals surface area contributed by atoms with Gasteiger partial charge < -0.3 is 14.9 Å². The van der Waals surface area contributed by atoms with E-state index in [-0.39, 0.29) is 11.5 Å². The third-order valence-corrected chi connectivity index (χ3v) is 2.52. The van der Waals surface area contributed by atoms with Gasteiger partial charge in [0, 0.05) is 36.8 Å². The second-order valence-electron chi connectivity index (χ2n) is 3.73. The molecule has 2 rings (SSSR count). The van der Waals surface area contributed by atoms with Gasteiger partial charge in [0.05, 0.1) is 6.54 Å². The number of nitrogens with one attached hydrogen (secondary N) is 2. The summed E-state index contributed by atoms with van der Waals surface area (Å²) in [5.74, 6) is -0.252. The van der Waals surface area contributed by atoms with Crippen molar-refractivity contribution in [2.24, 2.45) is 7.05 Å². The van der Waals surface area contributed by atoms with Gasteiger partial charge in [0.25, 0.3) is 5.91 Å². The van der Waals surface area contributed by atoms with E-state index in [1.165, 1.54) is 12.3 Å². The van der Waals surface area contributed by atoms with Crippen LogP contribution in [0.1, 0.15) is 16.1 Å². The molecule has 0 aliphatic heterocycles. The second-order valence-corrected chi connectivity index (χ2v) is 3.73. The molecule has 0 aliphatic carbocycles. The Morgan fingerprint density at radius 2 is 2.29 bits per heavy atom. The van der Waals surface area contributed by atoms with Crippen molar-refractivity contribution in [1.29, 1.82) is 0 Å². The molecule has 0 spiro atoms. The second kappa shape index (κ2) is 4.69. The largest absolute Gasteiger partial charge is 0.353 e. The van der Waals surface area contributed by atoms with Crippen LogP contribution >= 0.6 is 0 Å². The van der Waals surface area contributed by atoms with E-state index in [0.717, 1.165) is 5.69 Å². The number of carbonyl (C=O) groups excluding carboxylic acids is 1. The molecular formula is C12H13N3O2. The van der Waals surface area contributed by atoms with Crippen molar-refractivity contribution < 1.29 is 4.79 Å². The normalized spacial score (nSPS) is 10.2. The summed E-state index contributed by atoms with van der Waals surface area (Å²) < 4.78 is 1.93. The van der Waals surface area contributed by atoms with Gasteiger partial charge >= 0.3 is 0 Å². The van der Waals surface area contributed by atoms with Crippen molar-refractivity contribution in [3.8, 4) is 0 Å². The lowest BCUT2D eigenvalue weighted by Gasteiger charge is -2.05. The predicted molar refractivity (Wildman–Crippen MR) is 63.6 cm³/mol. The number of rotatable bonds is 3. The Morgan fingerprint density at radius 3 is 2.94 bits per heavy atom. The van der Waals surface area contributed by atoms with Crippen molar-refractivity contribution in [2.75, 3.05) is 0 Å². The Balaban J connectivity index is 2.03. The van der Waals surface area contributed by atoms with E-state index in [1.54, 1.807) is 6.07 Å². The van der Waals surface area contributed by atoms with E-state index in [0.29, 0.717) is 12.1 Å². The minimum absolute atomic E-state index is 0.252. The first-order valence-corrected chi connectivity index (χ1v) is 5.24. The summed E-state index contributed by atoms with van der Waals surface area (Å²) in [5, 5.41) is 2.76. The zero-order valence-corrected chi connectivity index (χ0v) is 9.43. The first-order valence-electron chi connectivity index (χ1n) is 5.24. The van der Waals surface area contributed by atoms with Gasteiger partial charge in [-0.05, 0) is 18.2 Å². The SMILES string of the molecule is Cn1cccc1CNC(=O)c1cc[nH]c(=O)c1. The fourth-order valence-electron chi connectivity index (χ4n) is 1.54. The van der Waals surface area contributed by atoms with Gasteiger partial charge in [0.1, 0.15) is 0 Å². The Hall–Kier alpha value is -2.30. The van der Waals surface area contributed by atoms with Crippen LogP contribution < -0.4 is 10.9 Å². The standard InChI is InChI=1S/C12H13N3O2/c1-15-6-2-3-10(15)8-14-12(17)9-4-5-13-11(16)7-9/h2-7H,8H2,1H3,(H,13,16)(H,14,17). The summed E-state index contributed by atoms with van der Waals surface area (Å²) in [6, 6.07) is 6.69. The molecular weight excluding hydrogens is 218 g/mol. The lowest BCUT2D eigenvalue weighted by atomic mass is 10.2. The number of aryl methyl sites for hydroxylation is 1. The van der Waals surface area contributed by atoms with Crippen LogP contribution in [0.5, 0.6) is 0 Å². The Kier molecular flexibility index (Phi) is 3.09. The Labute approximate surface area is 98.1 Å². The molecule has 0 unspecified atom stereocenters. The van der Waals surface area contributed by atoms with E-state index in [1.807, 2.05) is 29.9 Å². The highest BCUT2D eigenvalue weighted by Crippen LogP contribution is 2.00. The maximum atomic E-state index is 11.7. The van der Waals surface area contributed by atoms with Gasteiger partial charge in [-0.1, -0.05) is 0 Å². The van der Waals surface area contributed by atoms with Crippen LogP contribution in [0.15, 0.2) is 41.5 Å². The van der Waals surface area contributed by atoms with Crippen LogP contribution in [0.2, 0.25) is 0 Å². The molecule has 0 aliphatic rings. The van der Waals surface area contributed by atoms with Crippen molar-refractivity contribution in [3.05, 3.63) is 58.3 Å². The topological polar surface area (TPSA) is 66.9 Å². The molecule has 0 atom stereocenters. The molecule has 0 saturated heterocycles. The molecule has 2 aromatic rings. The summed E-state index contributed by atoms with van der Waals surface area (Å²) in [7, 11) is 1.91. The van der Waals surface area contributed by atoms with Gasteiger partial charge in [-0.25, -0.2) is 0 Å². The van der Waals surface area contributed by atoms with Crippen LogP contribution in [0, 0.1) is 0 Å². The highest BCUT2D eigenvalue weighted by Gasteiger charge is 2.06. The van der Waals surface area contributed by atoms with Crippen LogP contribution in [0.25, 0.3) is 0 Å². The van der Waals surface area contributed by atoms with Crippen LogP contribution in [-0.2, 0) is 13.6 Å². The fourth-order valence-corrected chi connectivity index (χ4v) is 1.54. The number of aromatic amines is 1. The average molecular weight is 231 g/mol. The van der Waals surface area contributed by atoms with Gasteiger partial charge in [-0.2, -0.15) is 0 Å². The molecule has 0 saturated carbocycles. The summed E-state index contributed by atoms with van der Waals surface area (Å²) >= 11 is 0. The van der Waals surface area contributed by atoms with Crippen molar-refractivity contribution in [2.45, 2.75) is 6.54 Å². The number of aromatic nitrogens is 2. The molecule has 0 bridgehead atoms. The van der Waals surface area contributed by atoms with E-state index in [4.69, 9.17) is 0 Å².